The Kier molecular flexibility index (Phi) is 5.03. The Morgan fingerprint density at radius 1 is 1.00 bits per heavy atom. The maximum atomic E-state index is 12.7. The first kappa shape index (κ1) is 17.0. The van der Waals surface area contributed by atoms with E-state index in [4.69, 9.17) is 4.74 Å². The second-order valence-electron chi connectivity index (χ2n) is 6.28. The van der Waals surface area contributed by atoms with Crippen molar-refractivity contribution in [2.45, 2.75) is 33.3 Å². The lowest BCUT2D eigenvalue weighted by molar-refractivity contribution is -0.122. The van der Waals surface area contributed by atoms with Crippen LogP contribution in [0.5, 0.6) is 5.75 Å². The van der Waals surface area contributed by atoms with Crippen LogP contribution in [0.2, 0.25) is 0 Å². The Labute approximate surface area is 148 Å². The highest BCUT2D eigenvalue weighted by Crippen LogP contribution is 2.24. The van der Waals surface area contributed by atoms with Gasteiger partial charge in [0.15, 0.2) is 6.10 Å². The number of amides is 1. The molecule has 0 aliphatic carbocycles. The van der Waals surface area contributed by atoms with Crippen molar-refractivity contribution in [2.24, 2.45) is 0 Å². The smallest absolute Gasteiger partial charge is 0.265 e. The van der Waals surface area contributed by atoms with Crippen LogP contribution in [-0.2, 0) is 4.79 Å². The monoisotopic (exact) mass is 333 g/mol. The first-order valence-corrected chi connectivity index (χ1v) is 8.61. The molecule has 3 heteroatoms. The number of benzene rings is 3. The van der Waals surface area contributed by atoms with E-state index in [1.807, 2.05) is 74.5 Å². The fraction of sp³-hybridized carbons (Fsp3) is 0.227. The molecule has 3 aromatic carbocycles. The third kappa shape index (κ3) is 3.82. The molecule has 0 aliphatic rings. The van der Waals surface area contributed by atoms with E-state index in [0.717, 1.165) is 27.8 Å². The predicted molar refractivity (Wildman–Crippen MR) is 103 cm³/mol. The minimum Gasteiger partial charge on any atom is -0.481 e. The first-order valence-electron chi connectivity index (χ1n) is 8.61. The summed E-state index contributed by atoms with van der Waals surface area (Å²) in [6.07, 6.45) is 0.0739. The molecular formula is C22H23NO2. The Morgan fingerprint density at radius 2 is 1.76 bits per heavy atom. The molecule has 1 amide bonds. The molecular weight excluding hydrogens is 310 g/mol. The number of aryl methyl sites for hydroxylation is 2. The number of ether oxygens (including phenoxy) is 1. The predicted octanol–water partition coefficient (Wildman–Crippen LogP) is 5.25. The summed E-state index contributed by atoms with van der Waals surface area (Å²) in [6, 6.07) is 19.8. The number of rotatable bonds is 5. The van der Waals surface area contributed by atoms with E-state index in [1.165, 1.54) is 5.56 Å². The van der Waals surface area contributed by atoms with Crippen molar-refractivity contribution in [1.29, 1.82) is 0 Å². The Morgan fingerprint density at radius 3 is 2.52 bits per heavy atom. The lowest BCUT2D eigenvalue weighted by Gasteiger charge is -2.18. The van der Waals surface area contributed by atoms with Crippen molar-refractivity contribution in [1.82, 2.24) is 0 Å². The number of fused-ring (bicyclic) bond motifs is 1. The van der Waals surface area contributed by atoms with Gasteiger partial charge in [-0.1, -0.05) is 49.4 Å². The molecule has 1 N–H and O–H groups in total. The van der Waals surface area contributed by atoms with E-state index < -0.39 is 6.10 Å². The molecule has 3 rings (SSSR count). The minimum atomic E-state index is -0.527. The maximum absolute atomic E-state index is 12.7. The van der Waals surface area contributed by atoms with Gasteiger partial charge < -0.3 is 10.1 Å². The van der Waals surface area contributed by atoms with Crippen molar-refractivity contribution >= 4 is 22.4 Å². The molecule has 128 valence electrons. The quantitative estimate of drug-likeness (QED) is 0.692. The Hall–Kier alpha value is -2.81. The Bertz CT molecular complexity index is 896. The average Bonchev–Trinajstić information content (AvgIpc) is 2.63. The van der Waals surface area contributed by atoms with Gasteiger partial charge in [0, 0.05) is 11.1 Å². The molecule has 0 heterocycles. The van der Waals surface area contributed by atoms with E-state index in [2.05, 4.69) is 12.2 Å². The van der Waals surface area contributed by atoms with Crippen LogP contribution in [-0.4, -0.2) is 12.0 Å². The van der Waals surface area contributed by atoms with Crippen LogP contribution in [0.3, 0.4) is 0 Å². The van der Waals surface area contributed by atoms with Gasteiger partial charge in [-0.2, -0.15) is 0 Å². The Balaban J connectivity index is 1.79. The fourth-order valence-electron chi connectivity index (χ4n) is 2.82. The number of hydrogen-bond acceptors (Lipinski definition) is 2. The van der Waals surface area contributed by atoms with Gasteiger partial charge in [-0.3, -0.25) is 4.79 Å². The number of nitrogens with one attached hydrogen (secondary N) is 1. The molecule has 0 saturated carbocycles. The maximum Gasteiger partial charge on any atom is 0.265 e. The number of hydrogen-bond donors (Lipinski definition) is 1. The average molecular weight is 333 g/mol. The van der Waals surface area contributed by atoms with Crippen LogP contribution >= 0.6 is 0 Å². The lowest BCUT2D eigenvalue weighted by Crippen LogP contribution is -2.32. The molecule has 0 aliphatic heterocycles. The van der Waals surface area contributed by atoms with Crippen molar-refractivity contribution in [3.8, 4) is 5.75 Å². The molecule has 0 saturated heterocycles. The lowest BCUT2D eigenvalue weighted by atomic mass is 10.1. The van der Waals surface area contributed by atoms with Gasteiger partial charge in [-0.15, -0.1) is 0 Å². The molecule has 0 bridgehead atoms. The number of carbonyl (C=O) groups excluding carboxylic acids is 1. The van der Waals surface area contributed by atoms with Gasteiger partial charge in [0.2, 0.25) is 0 Å². The van der Waals surface area contributed by atoms with Crippen LogP contribution in [0.1, 0.15) is 24.5 Å². The summed E-state index contributed by atoms with van der Waals surface area (Å²) >= 11 is 0. The van der Waals surface area contributed by atoms with Gasteiger partial charge in [0.25, 0.3) is 5.91 Å². The summed E-state index contributed by atoms with van der Waals surface area (Å²) in [7, 11) is 0. The van der Waals surface area contributed by atoms with E-state index in [-0.39, 0.29) is 5.91 Å². The highest BCUT2D eigenvalue weighted by molar-refractivity contribution is 6.03. The third-order valence-corrected chi connectivity index (χ3v) is 4.47. The standard InChI is InChI=1S/C22H23NO2/c1-4-21(25-18-13-12-15(2)16(3)14-18)22(24)23-20-11-7-9-17-8-5-6-10-19(17)20/h5-14,21H,4H2,1-3H3,(H,23,24)/t21-/m0/s1. The second-order valence-corrected chi connectivity index (χ2v) is 6.28. The molecule has 3 aromatic rings. The number of carbonyl (C=O) groups is 1. The van der Waals surface area contributed by atoms with Crippen LogP contribution in [0.25, 0.3) is 10.8 Å². The molecule has 3 nitrogen and oxygen atoms in total. The van der Waals surface area contributed by atoms with E-state index in [1.54, 1.807) is 0 Å². The largest absolute Gasteiger partial charge is 0.481 e. The van der Waals surface area contributed by atoms with Crippen molar-refractivity contribution in [3.63, 3.8) is 0 Å². The van der Waals surface area contributed by atoms with E-state index in [9.17, 15) is 4.79 Å². The fourth-order valence-corrected chi connectivity index (χ4v) is 2.82. The normalized spacial score (nSPS) is 12.0. The summed E-state index contributed by atoms with van der Waals surface area (Å²) in [5, 5.41) is 5.15. The topological polar surface area (TPSA) is 38.3 Å². The highest BCUT2D eigenvalue weighted by atomic mass is 16.5. The molecule has 25 heavy (non-hydrogen) atoms. The van der Waals surface area contributed by atoms with Crippen LogP contribution in [0.4, 0.5) is 5.69 Å². The zero-order chi connectivity index (χ0) is 17.8. The molecule has 1 atom stereocenters. The zero-order valence-corrected chi connectivity index (χ0v) is 14.9. The van der Waals surface area contributed by atoms with Crippen LogP contribution in [0, 0.1) is 13.8 Å². The third-order valence-electron chi connectivity index (χ3n) is 4.47. The summed E-state index contributed by atoms with van der Waals surface area (Å²) in [5.41, 5.74) is 3.17. The first-order chi connectivity index (χ1) is 12.1. The number of anilines is 1. The van der Waals surface area contributed by atoms with Gasteiger partial charge in [-0.05, 0) is 55.0 Å². The molecule has 0 fully saturated rings. The minimum absolute atomic E-state index is 0.128. The van der Waals surface area contributed by atoms with Crippen molar-refractivity contribution < 1.29 is 9.53 Å². The summed E-state index contributed by atoms with van der Waals surface area (Å²) in [4.78, 5) is 12.7. The SMILES string of the molecule is CC[C@H](Oc1ccc(C)c(C)c1)C(=O)Nc1cccc2ccccc12. The summed E-state index contributed by atoms with van der Waals surface area (Å²) in [6.45, 7) is 6.05. The summed E-state index contributed by atoms with van der Waals surface area (Å²) in [5.74, 6) is 0.597. The molecule has 0 spiro atoms. The van der Waals surface area contributed by atoms with Crippen molar-refractivity contribution in [3.05, 3.63) is 71.8 Å². The zero-order valence-electron chi connectivity index (χ0n) is 14.9. The second kappa shape index (κ2) is 7.39. The van der Waals surface area contributed by atoms with Gasteiger partial charge in [0.05, 0.1) is 0 Å². The summed E-state index contributed by atoms with van der Waals surface area (Å²) < 4.78 is 5.93. The molecule has 0 radical (unpaired) electrons. The molecule has 0 aromatic heterocycles. The highest BCUT2D eigenvalue weighted by Gasteiger charge is 2.19. The van der Waals surface area contributed by atoms with Gasteiger partial charge in [-0.25, -0.2) is 0 Å². The van der Waals surface area contributed by atoms with Gasteiger partial charge >= 0.3 is 0 Å². The van der Waals surface area contributed by atoms with E-state index >= 15 is 0 Å². The van der Waals surface area contributed by atoms with Crippen LogP contribution < -0.4 is 10.1 Å². The molecule has 0 unspecified atom stereocenters. The van der Waals surface area contributed by atoms with Gasteiger partial charge in [0.1, 0.15) is 5.75 Å². The van der Waals surface area contributed by atoms with Crippen LogP contribution in [0.15, 0.2) is 60.7 Å². The van der Waals surface area contributed by atoms with E-state index in [0.29, 0.717) is 6.42 Å². The van der Waals surface area contributed by atoms with Crippen molar-refractivity contribution in [2.75, 3.05) is 5.32 Å².